The highest BCUT2D eigenvalue weighted by Gasteiger charge is 2.34. The third-order valence-corrected chi connectivity index (χ3v) is 4.61. The second kappa shape index (κ2) is 8.63. The van der Waals surface area contributed by atoms with E-state index in [1.54, 1.807) is 42.6 Å². The highest BCUT2D eigenvalue weighted by atomic mass is 79.9. The molecular weight excluding hydrogens is 414 g/mol. The molecule has 2 aromatic rings. The molecule has 1 aliphatic heterocycles. The topological polar surface area (TPSA) is 103 Å². The van der Waals surface area contributed by atoms with Gasteiger partial charge in [0.2, 0.25) is 5.91 Å². The Labute approximate surface area is 164 Å². The number of nitrogens with one attached hydrogen (secondary N) is 3. The number of amides is 4. The average molecular weight is 432 g/mol. The van der Waals surface area contributed by atoms with Crippen LogP contribution in [-0.2, 0) is 4.79 Å². The first-order chi connectivity index (χ1) is 13.0. The summed E-state index contributed by atoms with van der Waals surface area (Å²) in [6, 6.07) is 9.10. The van der Waals surface area contributed by atoms with E-state index in [0.717, 1.165) is 4.47 Å². The molecule has 9 heteroatoms. The van der Waals surface area contributed by atoms with Gasteiger partial charge in [-0.3, -0.25) is 20.0 Å². The maximum absolute atomic E-state index is 12.5. The quantitative estimate of drug-likeness (QED) is 0.648. The SMILES string of the molecule is O=C(NNC(=O)N1CCC[C@H]1C(=O)Nc1cccnc1)c1cccc(Br)c1. The zero-order valence-electron chi connectivity index (χ0n) is 14.3. The Morgan fingerprint density at radius 1 is 1.15 bits per heavy atom. The lowest BCUT2D eigenvalue weighted by Gasteiger charge is -2.24. The minimum Gasteiger partial charge on any atom is -0.323 e. The van der Waals surface area contributed by atoms with Crippen molar-refractivity contribution < 1.29 is 14.4 Å². The van der Waals surface area contributed by atoms with Gasteiger partial charge >= 0.3 is 6.03 Å². The molecule has 0 spiro atoms. The van der Waals surface area contributed by atoms with Crippen LogP contribution in [0.4, 0.5) is 10.5 Å². The van der Waals surface area contributed by atoms with Gasteiger partial charge in [0.1, 0.15) is 6.04 Å². The first kappa shape index (κ1) is 18.8. The van der Waals surface area contributed by atoms with Crippen LogP contribution in [0.5, 0.6) is 0 Å². The fourth-order valence-electron chi connectivity index (χ4n) is 2.83. The van der Waals surface area contributed by atoms with Crippen LogP contribution in [0.3, 0.4) is 0 Å². The maximum Gasteiger partial charge on any atom is 0.336 e. The molecule has 0 radical (unpaired) electrons. The number of nitrogens with zero attached hydrogens (tertiary/aromatic N) is 2. The van der Waals surface area contributed by atoms with Crippen LogP contribution >= 0.6 is 15.9 Å². The van der Waals surface area contributed by atoms with Gasteiger partial charge in [-0.05, 0) is 43.2 Å². The smallest absolute Gasteiger partial charge is 0.323 e. The molecule has 1 aromatic carbocycles. The van der Waals surface area contributed by atoms with E-state index in [-0.39, 0.29) is 5.91 Å². The molecular formula is C18H18BrN5O3. The summed E-state index contributed by atoms with van der Waals surface area (Å²) < 4.78 is 0.758. The number of hydrazine groups is 1. The summed E-state index contributed by atoms with van der Waals surface area (Å²) in [7, 11) is 0. The fourth-order valence-corrected chi connectivity index (χ4v) is 3.23. The number of anilines is 1. The van der Waals surface area contributed by atoms with Crippen LogP contribution in [0.15, 0.2) is 53.3 Å². The summed E-state index contributed by atoms with van der Waals surface area (Å²) in [5.74, 6) is -0.728. The van der Waals surface area contributed by atoms with Gasteiger partial charge in [0.25, 0.3) is 5.91 Å². The van der Waals surface area contributed by atoms with Gasteiger partial charge in [-0.15, -0.1) is 0 Å². The molecule has 27 heavy (non-hydrogen) atoms. The number of carbonyl (C=O) groups excluding carboxylic acids is 3. The Kier molecular flexibility index (Phi) is 6.02. The predicted molar refractivity (Wildman–Crippen MR) is 103 cm³/mol. The highest BCUT2D eigenvalue weighted by molar-refractivity contribution is 9.10. The minimum absolute atomic E-state index is 0.283. The van der Waals surface area contributed by atoms with Crippen molar-refractivity contribution in [2.75, 3.05) is 11.9 Å². The molecule has 0 aliphatic carbocycles. The van der Waals surface area contributed by atoms with Crippen molar-refractivity contribution in [3.05, 3.63) is 58.8 Å². The van der Waals surface area contributed by atoms with Gasteiger partial charge < -0.3 is 10.2 Å². The summed E-state index contributed by atoms with van der Waals surface area (Å²) >= 11 is 3.29. The van der Waals surface area contributed by atoms with Crippen LogP contribution in [0.1, 0.15) is 23.2 Å². The van der Waals surface area contributed by atoms with Crippen LogP contribution < -0.4 is 16.2 Å². The number of hydrogen-bond acceptors (Lipinski definition) is 4. The van der Waals surface area contributed by atoms with Gasteiger partial charge in [-0.1, -0.05) is 22.0 Å². The van der Waals surface area contributed by atoms with Crippen LogP contribution in [0, 0.1) is 0 Å². The second-order valence-corrected chi connectivity index (χ2v) is 6.89. The molecule has 2 heterocycles. The maximum atomic E-state index is 12.5. The number of aromatic nitrogens is 1. The lowest BCUT2D eigenvalue weighted by atomic mass is 10.2. The van der Waals surface area contributed by atoms with Crippen molar-refractivity contribution in [3.8, 4) is 0 Å². The number of urea groups is 1. The third-order valence-electron chi connectivity index (χ3n) is 4.12. The van der Waals surface area contributed by atoms with Crippen molar-refractivity contribution in [2.45, 2.75) is 18.9 Å². The van der Waals surface area contributed by atoms with Gasteiger partial charge in [0.15, 0.2) is 0 Å². The van der Waals surface area contributed by atoms with Crippen LogP contribution in [0.25, 0.3) is 0 Å². The van der Waals surface area contributed by atoms with E-state index in [9.17, 15) is 14.4 Å². The summed E-state index contributed by atoms with van der Waals surface area (Å²) in [6.45, 7) is 0.434. The van der Waals surface area contributed by atoms with E-state index >= 15 is 0 Å². The Balaban J connectivity index is 1.57. The normalized spacial score (nSPS) is 15.9. The largest absolute Gasteiger partial charge is 0.336 e. The Morgan fingerprint density at radius 3 is 2.74 bits per heavy atom. The zero-order valence-corrected chi connectivity index (χ0v) is 15.9. The summed E-state index contributed by atoms with van der Waals surface area (Å²) in [4.78, 5) is 42.4. The van der Waals surface area contributed by atoms with E-state index in [4.69, 9.17) is 0 Å². The molecule has 1 aliphatic rings. The standard InChI is InChI=1S/C18H18BrN5O3/c19-13-5-1-4-12(10-13)16(25)22-23-18(27)24-9-3-7-15(24)17(26)21-14-6-2-8-20-11-14/h1-2,4-6,8,10-11,15H,3,7,9H2,(H,21,26)(H,22,25)(H,23,27)/t15-/m0/s1. The first-order valence-corrected chi connectivity index (χ1v) is 9.17. The second-order valence-electron chi connectivity index (χ2n) is 5.98. The van der Waals surface area contributed by atoms with Gasteiger partial charge in [0.05, 0.1) is 11.9 Å². The van der Waals surface area contributed by atoms with E-state index in [1.165, 1.54) is 11.1 Å². The molecule has 1 aromatic heterocycles. The lowest BCUT2D eigenvalue weighted by molar-refractivity contribution is -0.119. The molecule has 0 saturated carbocycles. The summed E-state index contributed by atoms with van der Waals surface area (Å²) in [5, 5.41) is 2.75. The summed E-state index contributed by atoms with van der Waals surface area (Å²) in [6.07, 6.45) is 4.41. The van der Waals surface area contributed by atoms with Gasteiger partial charge in [-0.25, -0.2) is 10.2 Å². The van der Waals surface area contributed by atoms with Crippen molar-refractivity contribution in [1.29, 1.82) is 0 Å². The van der Waals surface area contributed by atoms with Gasteiger partial charge in [0, 0.05) is 22.8 Å². The summed E-state index contributed by atoms with van der Waals surface area (Å²) in [5.41, 5.74) is 5.71. The lowest BCUT2D eigenvalue weighted by Crippen LogP contribution is -2.52. The number of likely N-dealkylation sites (tertiary alicyclic amines) is 1. The monoisotopic (exact) mass is 431 g/mol. The molecule has 1 fully saturated rings. The zero-order chi connectivity index (χ0) is 19.2. The van der Waals surface area contributed by atoms with Crippen molar-refractivity contribution in [2.24, 2.45) is 0 Å². The third kappa shape index (κ3) is 4.82. The number of benzene rings is 1. The molecule has 8 nitrogen and oxygen atoms in total. The number of pyridine rings is 1. The number of rotatable bonds is 3. The van der Waals surface area contributed by atoms with Crippen molar-refractivity contribution in [3.63, 3.8) is 0 Å². The number of hydrogen-bond donors (Lipinski definition) is 3. The number of halogens is 1. The van der Waals surface area contributed by atoms with E-state index in [2.05, 4.69) is 37.1 Å². The fraction of sp³-hybridized carbons (Fsp3) is 0.222. The molecule has 3 rings (SSSR count). The Bertz CT molecular complexity index is 846. The molecule has 1 saturated heterocycles. The number of carbonyl (C=O) groups is 3. The Hall–Kier alpha value is -2.94. The molecule has 4 amide bonds. The molecule has 1 atom stereocenters. The molecule has 3 N–H and O–H groups in total. The van der Waals surface area contributed by atoms with Crippen molar-refractivity contribution in [1.82, 2.24) is 20.7 Å². The molecule has 140 valence electrons. The van der Waals surface area contributed by atoms with Crippen LogP contribution in [-0.4, -0.2) is 40.3 Å². The molecule has 0 unspecified atom stereocenters. The first-order valence-electron chi connectivity index (χ1n) is 8.38. The molecule has 0 bridgehead atoms. The van der Waals surface area contributed by atoms with Crippen molar-refractivity contribution >= 4 is 39.5 Å². The Morgan fingerprint density at radius 2 is 2.00 bits per heavy atom. The van der Waals surface area contributed by atoms with Gasteiger partial charge in [-0.2, -0.15) is 0 Å². The van der Waals surface area contributed by atoms with E-state index in [0.29, 0.717) is 30.6 Å². The van der Waals surface area contributed by atoms with E-state index in [1.807, 2.05) is 0 Å². The minimum atomic E-state index is -0.604. The predicted octanol–water partition coefficient (Wildman–Crippen LogP) is 2.30. The average Bonchev–Trinajstić information content (AvgIpc) is 3.17. The van der Waals surface area contributed by atoms with E-state index < -0.39 is 18.0 Å². The highest BCUT2D eigenvalue weighted by Crippen LogP contribution is 2.19. The van der Waals surface area contributed by atoms with Crippen LogP contribution in [0.2, 0.25) is 0 Å².